The summed E-state index contributed by atoms with van der Waals surface area (Å²) < 4.78 is 0. The number of hydrogen-bond donors (Lipinski definition) is 3. The van der Waals surface area contributed by atoms with E-state index in [0.29, 0.717) is 6.42 Å². The zero-order valence-corrected chi connectivity index (χ0v) is 9.40. The van der Waals surface area contributed by atoms with Gasteiger partial charge in [-0.05, 0) is 6.42 Å². The van der Waals surface area contributed by atoms with Crippen molar-refractivity contribution in [2.24, 2.45) is 5.92 Å². The molecule has 92 valence electrons. The molecule has 0 aromatic carbocycles. The van der Waals surface area contributed by atoms with E-state index in [1.54, 1.807) is 6.92 Å². The van der Waals surface area contributed by atoms with Crippen LogP contribution in [-0.2, 0) is 4.79 Å². The number of carboxylic acids is 1. The summed E-state index contributed by atoms with van der Waals surface area (Å²) >= 11 is 0. The zero-order chi connectivity index (χ0) is 12.8. The molecule has 1 aromatic heterocycles. The first kappa shape index (κ1) is 13.0. The van der Waals surface area contributed by atoms with Crippen LogP contribution in [0.5, 0.6) is 0 Å². The Hall–Kier alpha value is -2.11. The molecule has 1 heterocycles. The maximum absolute atomic E-state index is 11.6. The van der Waals surface area contributed by atoms with Gasteiger partial charge in [0.15, 0.2) is 5.43 Å². The van der Waals surface area contributed by atoms with E-state index in [1.165, 1.54) is 18.5 Å². The first-order valence-electron chi connectivity index (χ1n) is 5.24. The van der Waals surface area contributed by atoms with Crippen molar-refractivity contribution in [3.05, 3.63) is 34.2 Å². The van der Waals surface area contributed by atoms with E-state index < -0.39 is 23.2 Å². The molecule has 3 N–H and O–H groups in total. The molecule has 1 rings (SSSR count). The Morgan fingerprint density at radius 1 is 1.53 bits per heavy atom. The Labute approximate surface area is 97.7 Å². The Morgan fingerprint density at radius 3 is 2.76 bits per heavy atom. The van der Waals surface area contributed by atoms with Crippen LogP contribution in [0, 0.1) is 5.92 Å². The van der Waals surface area contributed by atoms with Gasteiger partial charge in [-0.3, -0.25) is 14.4 Å². The van der Waals surface area contributed by atoms with Crippen molar-refractivity contribution >= 4 is 11.9 Å². The minimum atomic E-state index is -0.963. The first-order chi connectivity index (χ1) is 8.06. The average Bonchev–Trinajstić information content (AvgIpc) is 2.29. The molecule has 0 aliphatic heterocycles. The second-order valence-electron chi connectivity index (χ2n) is 3.58. The van der Waals surface area contributed by atoms with Crippen LogP contribution in [0.1, 0.15) is 23.7 Å². The summed E-state index contributed by atoms with van der Waals surface area (Å²) in [7, 11) is 0. The summed E-state index contributed by atoms with van der Waals surface area (Å²) in [5.74, 6) is -2.16. The summed E-state index contributed by atoms with van der Waals surface area (Å²) in [6, 6.07) is 1.24. The van der Waals surface area contributed by atoms with Crippen LogP contribution in [0.15, 0.2) is 23.3 Å². The average molecular weight is 238 g/mol. The van der Waals surface area contributed by atoms with Gasteiger partial charge in [0.05, 0.1) is 5.92 Å². The van der Waals surface area contributed by atoms with Crippen LogP contribution >= 0.6 is 0 Å². The lowest BCUT2D eigenvalue weighted by molar-refractivity contribution is -0.141. The van der Waals surface area contributed by atoms with Crippen molar-refractivity contribution in [3.63, 3.8) is 0 Å². The fraction of sp³-hybridized carbons (Fsp3) is 0.364. The molecule has 0 radical (unpaired) electrons. The molecule has 17 heavy (non-hydrogen) atoms. The topological polar surface area (TPSA) is 99.3 Å². The minimum absolute atomic E-state index is 0.0129. The van der Waals surface area contributed by atoms with Gasteiger partial charge >= 0.3 is 5.97 Å². The van der Waals surface area contributed by atoms with Gasteiger partial charge in [-0.2, -0.15) is 0 Å². The number of rotatable bonds is 5. The quantitative estimate of drug-likeness (QED) is 0.683. The summed E-state index contributed by atoms with van der Waals surface area (Å²) in [6.07, 6.45) is 3.13. The van der Waals surface area contributed by atoms with E-state index in [-0.39, 0.29) is 12.1 Å². The summed E-state index contributed by atoms with van der Waals surface area (Å²) in [5.41, 5.74) is -0.419. The van der Waals surface area contributed by atoms with Gasteiger partial charge < -0.3 is 15.4 Å². The molecule has 0 aliphatic rings. The van der Waals surface area contributed by atoms with Gasteiger partial charge in [-0.15, -0.1) is 0 Å². The fourth-order valence-electron chi connectivity index (χ4n) is 1.31. The third-order valence-corrected chi connectivity index (χ3v) is 2.42. The molecule has 1 atom stereocenters. The van der Waals surface area contributed by atoms with Gasteiger partial charge in [-0.25, -0.2) is 0 Å². The van der Waals surface area contributed by atoms with E-state index in [0.717, 1.165) is 0 Å². The third kappa shape index (κ3) is 3.44. The summed E-state index contributed by atoms with van der Waals surface area (Å²) in [5, 5.41) is 11.2. The normalized spacial score (nSPS) is 11.8. The fourth-order valence-corrected chi connectivity index (χ4v) is 1.31. The largest absolute Gasteiger partial charge is 0.481 e. The number of aliphatic carboxylic acids is 1. The molecule has 0 spiro atoms. The van der Waals surface area contributed by atoms with Crippen LogP contribution in [-0.4, -0.2) is 28.5 Å². The number of amides is 1. The molecule has 1 aromatic rings. The van der Waals surface area contributed by atoms with E-state index in [4.69, 9.17) is 5.11 Å². The van der Waals surface area contributed by atoms with Crippen LogP contribution in [0.25, 0.3) is 0 Å². The second-order valence-corrected chi connectivity index (χ2v) is 3.58. The highest BCUT2D eigenvalue weighted by atomic mass is 16.4. The Morgan fingerprint density at radius 2 is 2.24 bits per heavy atom. The Balaban J connectivity index is 2.65. The predicted octanol–water partition coefficient (Wildman–Crippen LogP) is 0.215. The van der Waals surface area contributed by atoms with Gasteiger partial charge in [0.25, 0.3) is 5.91 Å². The lowest BCUT2D eigenvalue weighted by atomic mass is 10.1. The van der Waals surface area contributed by atoms with Crippen molar-refractivity contribution in [3.8, 4) is 0 Å². The molecule has 0 bridgehead atoms. The number of H-pyrrole nitrogens is 1. The van der Waals surface area contributed by atoms with Gasteiger partial charge in [0.2, 0.25) is 0 Å². The number of carbonyl (C=O) groups excluding carboxylic acids is 1. The smallest absolute Gasteiger partial charge is 0.308 e. The number of aromatic amines is 1. The van der Waals surface area contributed by atoms with Crippen molar-refractivity contribution in [1.82, 2.24) is 10.3 Å². The molecular formula is C11H14N2O4. The molecule has 6 heteroatoms. The highest BCUT2D eigenvalue weighted by Gasteiger charge is 2.17. The van der Waals surface area contributed by atoms with E-state index in [9.17, 15) is 14.4 Å². The standard InChI is InChI=1S/C11H14N2O4/c1-2-7(11(16)17)5-13-10(15)8-6-12-4-3-9(8)14/h3-4,6-7H,2,5H2,1H3,(H,12,14)(H,13,15)(H,16,17). The lowest BCUT2D eigenvalue weighted by Crippen LogP contribution is -2.34. The van der Waals surface area contributed by atoms with Gasteiger partial charge in [-0.1, -0.05) is 6.92 Å². The Kier molecular flexibility index (Phi) is 4.45. The van der Waals surface area contributed by atoms with Crippen LogP contribution in [0.3, 0.4) is 0 Å². The number of carbonyl (C=O) groups is 2. The number of carboxylic acid groups (broad SMARTS) is 1. The van der Waals surface area contributed by atoms with Gasteiger partial charge in [0.1, 0.15) is 5.56 Å². The van der Waals surface area contributed by atoms with E-state index in [1.807, 2.05) is 0 Å². The maximum Gasteiger partial charge on any atom is 0.308 e. The van der Waals surface area contributed by atoms with Crippen molar-refractivity contribution in [1.29, 1.82) is 0 Å². The van der Waals surface area contributed by atoms with Gasteiger partial charge in [0, 0.05) is 25.0 Å². The molecule has 1 unspecified atom stereocenters. The summed E-state index contributed by atoms with van der Waals surface area (Å²) in [6.45, 7) is 1.74. The number of nitrogens with one attached hydrogen (secondary N) is 2. The SMILES string of the molecule is CCC(CNC(=O)c1c[nH]ccc1=O)C(=O)O. The van der Waals surface area contributed by atoms with Crippen LogP contribution < -0.4 is 10.7 Å². The molecule has 6 nitrogen and oxygen atoms in total. The van der Waals surface area contributed by atoms with Crippen LogP contribution in [0.4, 0.5) is 0 Å². The third-order valence-electron chi connectivity index (χ3n) is 2.42. The van der Waals surface area contributed by atoms with Crippen molar-refractivity contribution in [2.75, 3.05) is 6.54 Å². The Bertz CT molecular complexity index is 467. The molecule has 0 fully saturated rings. The number of pyridine rings is 1. The zero-order valence-electron chi connectivity index (χ0n) is 9.40. The number of aromatic nitrogens is 1. The van der Waals surface area contributed by atoms with E-state index in [2.05, 4.69) is 10.3 Å². The van der Waals surface area contributed by atoms with E-state index >= 15 is 0 Å². The van der Waals surface area contributed by atoms with Crippen molar-refractivity contribution in [2.45, 2.75) is 13.3 Å². The first-order valence-corrected chi connectivity index (χ1v) is 5.24. The second kappa shape index (κ2) is 5.83. The molecule has 0 aliphatic carbocycles. The van der Waals surface area contributed by atoms with Crippen LogP contribution in [0.2, 0.25) is 0 Å². The molecular weight excluding hydrogens is 224 g/mol. The summed E-state index contributed by atoms with van der Waals surface area (Å²) in [4.78, 5) is 36.3. The predicted molar refractivity (Wildman–Crippen MR) is 60.8 cm³/mol. The highest BCUT2D eigenvalue weighted by Crippen LogP contribution is 2.00. The monoisotopic (exact) mass is 238 g/mol. The maximum atomic E-state index is 11.6. The molecule has 1 amide bonds. The molecule has 0 saturated carbocycles. The minimum Gasteiger partial charge on any atom is -0.481 e. The highest BCUT2D eigenvalue weighted by molar-refractivity contribution is 5.93. The van der Waals surface area contributed by atoms with Crippen molar-refractivity contribution < 1.29 is 14.7 Å². The lowest BCUT2D eigenvalue weighted by Gasteiger charge is -2.10. The molecule has 0 saturated heterocycles. The number of hydrogen-bond acceptors (Lipinski definition) is 3.